The van der Waals surface area contributed by atoms with Crippen LogP contribution in [0.25, 0.3) is 0 Å². The average molecular weight is 286 g/mol. The van der Waals surface area contributed by atoms with Crippen LogP contribution in [0.15, 0.2) is 30.3 Å². The fraction of sp³-hybridized carbons (Fsp3) is 0.571. The van der Waals surface area contributed by atoms with E-state index in [-0.39, 0.29) is 17.8 Å². The Kier molecular flexibility index (Phi) is 5.97. The van der Waals surface area contributed by atoms with E-state index < -0.39 is 10.1 Å². The summed E-state index contributed by atoms with van der Waals surface area (Å²) >= 11 is 0. The lowest BCUT2D eigenvalue weighted by molar-refractivity contribution is 0.130. The molecule has 108 valence electrons. The average Bonchev–Trinajstić information content (AvgIpc) is 2.35. The predicted octanol–water partition coefficient (Wildman–Crippen LogP) is 2.29. The monoisotopic (exact) mass is 286 g/mol. The largest absolute Gasteiger partial charge is 0.396 e. The lowest BCUT2D eigenvalue weighted by atomic mass is 9.80. The summed E-state index contributed by atoms with van der Waals surface area (Å²) in [5, 5.41) is 9.54. The molecule has 0 aromatic heterocycles. The van der Waals surface area contributed by atoms with Gasteiger partial charge in [-0.1, -0.05) is 43.7 Å². The Morgan fingerprint density at radius 1 is 1.16 bits per heavy atom. The first-order valence-corrected chi connectivity index (χ1v) is 8.05. The van der Waals surface area contributed by atoms with Crippen molar-refractivity contribution in [1.82, 2.24) is 0 Å². The summed E-state index contributed by atoms with van der Waals surface area (Å²) in [6.45, 7) is 2.06. The van der Waals surface area contributed by atoms with Gasteiger partial charge >= 0.3 is 0 Å². The molecule has 0 amide bonds. The van der Waals surface area contributed by atoms with Gasteiger partial charge in [0.2, 0.25) is 0 Å². The molecule has 1 aromatic carbocycles. The zero-order valence-corrected chi connectivity index (χ0v) is 12.1. The predicted molar refractivity (Wildman–Crippen MR) is 75.6 cm³/mol. The number of rotatable bonds is 8. The third-order valence-electron chi connectivity index (χ3n) is 3.29. The van der Waals surface area contributed by atoms with Gasteiger partial charge in [0.05, 0.1) is 5.75 Å². The topological polar surface area (TPSA) is 74.6 Å². The van der Waals surface area contributed by atoms with E-state index in [9.17, 15) is 13.5 Å². The molecule has 1 atom stereocenters. The summed E-state index contributed by atoms with van der Waals surface area (Å²) in [6.07, 6.45) is 2.58. The Bertz CT molecular complexity index is 469. The normalized spacial score (nSPS) is 15.1. The molecule has 0 bridgehead atoms. The first-order valence-electron chi connectivity index (χ1n) is 6.45. The van der Waals surface area contributed by atoms with Crippen LogP contribution in [0.1, 0.15) is 31.7 Å². The Hall–Kier alpha value is -0.910. The minimum atomic E-state index is -3.87. The zero-order valence-electron chi connectivity index (χ0n) is 11.2. The summed E-state index contributed by atoms with van der Waals surface area (Å²) in [5.41, 5.74) is 0.912. The van der Waals surface area contributed by atoms with Crippen molar-refractivity contribution in [2.75, 3.05) is 12.4 Å². The molecule has 0 saturated heterocycles. The van der Waals surface area contributed by atoms with E-state index in [4.69, 9.17) is 4.55 Å². The van der Waals surface area contributed by atoms with Gasteiger partial charge in [0.25, 0.3) is 10.1 Å². The van der Waals surface area contributed by atoms with Crippen molar-refractivity contribution in [2.24, 2.45) is 5.41 Å². The second kappa shape index (κ2) is 7.03. The molecular weight excluding hydrogens is 264 g/mol. The molecule has 0 aliphatic carbocycles. The summed E-state index contributed by atoms with van der Waals surface area (Å²) in [7, 11) is -3.87. The van der Waals surface area contributed by atoms with Gasteiger partial charge in [-0.3, -0.25) is 4.55 Å². The van der Waals surface area contributed by atoms with Crippen molar-refractivity contribution < 1.29 is 18.1 Å². The van der Waals surface area contributed by atoms with Crippen LogP contribution >= 0.6 is 0 Å². The van der Waals surface area contributed by atoms with Crippen LogP contribution in [0.2, 0.25) is 0 Å². The molecule has 4 nitrogen and oxygen atoms in total. The number of hydrogen-bond acceptors (Lipinski definition) is 3. The highest BCUT2D eigenvalue weighted by molar-refractivity contribution is 7.85. The molecule has 0 aliphatic heterocycles. The van der Waals surface area contributed by atoms with E-state index in [0.29, 0.717) is 12.8 Å². The fourth-order valence-electron chi connectivity index (χ4n) is 2.15. The van der Waals surface area contributed by atoms with Gasteiger partial charge in [0, 0.05) is 6.61 Å². The highest BCUT2D eigenvalue weighted by atomic mass is 32.2. The Balaban J connectivity index is 2.47. The van der Waals surface area contributed by atoms with E-state index in [1.165, 1.54) is 0 Å². The maximum Gasteiger partial charge on any atom is 0.264 e. The van der Waals surface area contributed by atoms with Crippen molar-refractivity contribution in [3.63, 3.8) is 0 Å². The summed E-state index contributed by atoms with van der Waals surface area (Å²) < 4.78 is 29.9. The summed E-state index contributed by atoms with van der Waals surface area (Å²) in [6, 6.07) is 9.92. The van der Waals surface area contributed by atoms with Gasteiger partial charge < -0.3 is 5.11 Å². The second-order valence-electron chi connectivity index (χ2n) is 5.37. The molecule has 0 heterocycles. The Labute approximate surface area is 115 Å². The van der Waals surface area contributed by atoms with E-state index in [1.807, 2.05) is 37.3 Å². The van der Waals surface area contributed by atoms with Crippen molar-refractivity contribution in [1.29, 1.82) is 0 Å². The SMILES string of the molecule is CC(CO)(CCCCS(=O)(=O)O)Cc1ccccc1. The van der Waals surface area contributed by atoms with E-state index in [0.717, 1.165) is 18.4 Å². The minimum Gasteiger partial charge on any atom is -0.396 e. The standard InChI is InChI=1S/C14H22O4S/c1-14(12-15,9-5-6-10-19(16,17)18)11-13-7-3-2-4-8-13/h2-4,7-8,15H,5-6,9-12H2,1H3,(H,16,17,18). The number of aliphatic hydroxyl groups excluding tert-OH is 1. The lowest BCUT2D eigenvalue weighted by Crippen LogP contribution is -2.24. The minimum absolute atomic E-state index is 0.0633. The smallest absolute Gasteiger partial charge is 0.264 e. The summed E-state index contributed by atoms with van der Waals surface area (Å²) in [5.74, 6) is -0.208. The number of unbranched alkanes of at least 4 members (excludes halogenated alkanes) is 1. The third kappa shape index (κ3) is 6.71. The van der Waals surface area contributed by atoms with Gasteiger partial charge in [-0.15, -0.1) is 0 Å². The molecule has 19 heavy (non-hydrogen) atoms. The first-order chi connectivity index (χ1) is 8.85. The van der Waals surface area contributed by atoms with Gasteiger partial charge in [-0.25, -0.2) is 0 Å². The van der Waals surface area contributed by atoms with Crippen LogP contribution in [-0.4, -0.2) is 30.4 Å². The molecule has 5 heteroatoms. The zero-order chi connectivity index (χ0) is 14.4. The highest BCUT2D eigenvalue weighted by Crippen LogP contribution is 2.28. The molecule has 0 saturated carbocycles. The number of aliphatic hydroxyl groups is 1. The van der Waals surface area contributed by atoms with E-state index in [1.54, 1.807) is 0 Å². The second-order valence-corrected chi connectivity index (χ2v) is 6.95. The van der Waals surface area contributed by atoms with Crippen molar-refractivity contribution in [2.45, 2.75) is 32.6 Å². The maximum absolute atomic E-state index is 10.6. The van der Waals surface area contributed by atoms with Crippen LogP contribution in [-0.2, 0) is 16.5 Å². The van der Waals surface area contributed by atoms with Crippen molar-refractivity contribution in [3.05, 3.63) is 35.9 Å². The van der Waals surface area contributed by atoms with Crippen LogP contribution in [0.5, 0.6) is 0 Å². The molecule has 1 rings (SSSR count). The summed E-state index contributed by atoms with van der Waals surface area (Å²) in [4.78, 5) is 0. The van der Waals surface area contributed by atoms with Gasteiger partial charge in [-0.05, 0) is 30.2 Å². The molecule has 0 fully saturated rings. The van der Waals surface area contributed by atoms with Crippen LogP contribution in [0, 0.1) is 5.41 Å². The molecule has 0 spiro atoms. The molecular formula is C14H22O4S. The van der Waals surface area contributed by atoms with Gasteiger partial charge in [-0.2, -0.15) is 8.42 Å². The molecule has 1 unspecified atom stereocenters. The number of hydrogen-bond donors (Lipinski definition) is 2. The van der Waals surface area contributed by atoms with Crippen molar-refractivity contribution >= 4 is 10.1 Å². The van der Waals surface area contributed by atoms with Crippen LogP contribution < -0.4 is 0 Å². The van der Waals surface area contributed by atoms with Crippen LogP contribution in [0.3, 0.4) is 0 Å². The molecule has 1 aromatic rings. The molecule has 2 N–H and O–H groups in total. The Morgan fingerprint density at radius 2 is 1.79 bits per heavy atom. The fourth-order valence-corrected chi connectivity index (χ4v) is 2.72. The Morgan fingerprint density at radius 3 is 2.32 bits per heavy atom. The maximum atomic E-state index is 10.6. The van der Waals surface area contributed by atoms with E-state index in [2.05, 4.69) is 0 Å². The quantitative estimate of drug-likeness (QED) is 0.568. The lowest BCUT2D eigenvalue weighted by Gasteiger charge is -2.27. The molecule has 0 radical (unpaired) electrons. The van der Waals surface area contributed by atoms with E-state index >= 15 is 0 Å². The highest BCUT2D eigenvalue weighted by Gasteiger charge is 2.23. The van der Waals surface area contributed by atoms with Gasteiger partial charge in [0.1, 0.15) is 0 Å². The van der Waals surface area contributed by atoms with Crippen LogP contribution in [0.4, 0.5) is 0 Å². The van der Waals surface area contributed by atoms with Crippen molar-refractivity contribution in [3.8, 4) is 0 Å². The molecule has 0 aliphatic rings. The first kappa shape index (κ1) is 16.1. The van der Waals surface area contributed by atoms with Gasteiger partial charge in [0.15, 0.2) is 0 Å². The third-order valence-corrected chi connectivity index (χ3v) is 4.09. The number of benzene rings is 1.